The summed E-state index contributed by atoms with van der Waals surface area (Å²) in [4.78, 5) is 31.6. The first-order valence-corrected chi connectivity index (χ1v) is 12.7. The molecule has 1 amide bonds. The number of aromatic nitrogens is 2. The first-order chi connectivity index (χ1) is 19.0. The van der Waals surface area contributed by atoms with Crippen LogP contribution in [0.5, 0.6) is 5.75 Å². The quantitative estimate of drug-likeness (QED) is 0.213. The Bertz CT molecular complexity index is 1580. The minimum Gasteiger partial charge on any atom is -0.489 e. The summed E-state index contributed by atoms with van der Waals surface area (Å²) in [5.74, 6) is -0.174. The van der Waals surface area contributed by atoms with Gasteiger partial charge in [0.1, 0.15) is 30.2 Å². The number of amides is 1. The molecule has 8 heteroatoms. The molecule has 39 heavy (non-hydrogen) atoms. The lowest BCUT2D eigenvalue weighted by molar-refractivity contribution is -0.141. The molecule has 3 aromatic carbocycles. The van der Waals surface area contributed by atoms with E-state index in [1.54, 1.807) is 10.6 Å². The van der Waals surface area contributed by atoms with E-state index in [1.807, 2.05) is 97.2 Å². The number of carbonyl (C=O) groups excluding carboxylic acids is 2. The monoisotopic (exact) mass is 539 g/mol. The Hall–Kier alpha value is -4.62. The fourth-order valence-corrected chi connectivity index (χ4v) is 4.27. The maximum Gasteiger partial charge on any atom is 0.325 e. The third-order valence-corrected chi connectivity index (χ3v) is 6.49. The van der Waals surface area contributed by atoms with Gasteiger partial charge in [-0.15, -0.1) is 0 Å². The Kier molecular flexibility index (Phi) is 7.89. The number of ether oxygens (including phenoxy) is 2. The number of nitrogens with zero attached hydrogens (tertiary/aromatic N) is 3. The average molecular weight is 540 g/mol. The van der Waals surface area contributed by atoms with Gasteiger partial charge in [-0.25, -0.2) is 4.98 Å². The summed E-state index contributed by atoms with van der Waals surface area (Å²) in [6, 6.07) is 28.7. The fourth-order valence-electron chi connectivity index (χ4n) is 4.14. The molecule has 0 bridgehead atoms. The van der Waals surface area contributed by atoms with E-state index in [0.717, 1.165) is 22.3 Å². The van der Waals surface area contributed by atoms with Crippen LogP contribution in [0.25, 0.3) is 16.8 Å². The number of halogens is 1. The van der Waals surface area contributed by atoms with Crippen LogP contribution in [0.1, 0.15) is 21.6 Å². The average Bonchev–Trinajstić information content (AvgIpc) is 3.40. The molecule has 0 radical (unpaired) electrons. The number of esters is 1. The molecule has 196 valence electrons. The van der Waals surface area contributed by atoms with Crippen molar-refractivity contribution in [2.75, 3.05) is 13.7 Å². The predicted molar refractivity (Wildman–Crippen MR) is 150 cm³/mol. The molecule has 2 aromatic heterocycles. The first kappa shape index (κ1) is 26.0. The summed E-state index contributed by atoms with van der Waals surface area (Å²) >= 11 is 6.01. The Balaban J connectivity index is 1.32. The molecule has 0 aliphatic heterocycles. The van der Waals surface area contributed by atoms with Crippen molar-refractivity contribution in [1.29, 1.82) is 0 Å². The molecular formula is C31H26ClN3O4. The molecule has 0 unspecified atom stereocenters. The third-order valence-electron chi connectivity index (χ3n) is 6.24. The molecule has 0 fully saturated rings. The van der Waals surface area contributed by atoms with Crippen LogP contribution in [-0.2, 0) is 22.7 Å². The molecule has 0 aliphatic carbocycles. The zero-order valence-corrected chi connectivity index (χ0v) is 22.0. The number of hydrogen-bond acceptors (Lipinski definition) is 5. The van der Waals surface area contributed by atoms with Crippen LogP contribution in [0.4, 0.5) is 0 Å². The second kappa shape index (κ2) is 11.8. The molecule has 0 N–H and O–H groups in total. The second-order valence-electron chi connectivity index (χ2n) is 8.97. The number of methoxy groups -OCH3 is 1. The van der Waals surface area contributed by atoms with Gasteiger partial charge in [-0.05, 0) is 58.7 Å². The van der Waals surface area contributed by atoms with E-state index in [0.29, 0.717) is 23.0 Å². The highest BCUT2D eigenvalue weighted by Crippen LogP contribution is 2.23. The van der Waals surface area contributed by atoms with Gasteiger partial charge >= 0.3 is 5.97 Å². The van der Waals surface area contributed by atoms with E-state index in [9.17, 15) is 9.59 Å². The maximum absolute atomic E-state index is 13.5. The normalized spacial score (nSPS) is 10.8. The summed E-state index contributed by atoms with van der Waals surface area (Å²) in [5, 5.41) is 0.661. The van der Waals surface area contributed by atoms with E-state index in [-0.39, 0.29) is 24.7 Å². The molecule has 0 aliphatic rings. The molecule has 0 spiro atoms. The number of imidazole rings is 1. The predicted octanol–water partition coefficient (Wildman–Crippen LogP) is 6.05. The second-order valence-corrected chi connectivity index (χ2v) is 9.41. The molecule has 5 rings (SSSR count). The van der Waals surface area contributed by atoms with Gasteiger partial charge in [-0.1, -0.05) is 66.2 Å². The Morgan fingerprint density at radius 1 is 0.897 bits per heavy atom. The Morgan fingerprint density at radius 3 is 2.36 bits per heavy atom. The molecule has 0 atom stereocenters. The van der Waals surface area contributed by atoms with Crippen molar-refractivity contribution < 1.29 is 19.1 Å². The summed E-state index contributed by atoms with van der Waals surface area (Å²) < 4.78 is 12.5. The molecule has 7 nitrogen and oxygen atoms in total. The lowest BCUT2D eigenvalue weighted by Gasteiger charge is -2.20. The minimum absolute atomic E-state index is 0.203. The number of pyridine rings is 1. The van der Waals surface area contributed by atoms with Gasteiger partial charge in [0, 0.05) is 24.0 Å². The Labute approximate surface area is 231 Å². The van der Waals surface area contributed by atoms with Gasteiger partial charge in [0.2, 0.25) is 0 Å². The fraction of sp³-hybridized carbons (Fsp3) is 0.129. The van der Waals surface area contributed by atoms with Crippen molar-refractivity contribution in [3.05, 3.63) is 125 Å². The Morgan fingerprint density at radius 2 is 1.64 bits per heavy atom. The van der Waals surface area contributed by atoms with Crippen molar-refractivity contribution in [1.82, 2.24) is 14.3 Å². The van der Waals surface area contributed by atoms with Crippen molar-refractivity contribution in [2.45, 2.75) is 13.2 Å². The first-order valence-electron chi connectivity index (χ1n) is 12.3. The standard InChI is InChI=1S/C31H26ClN3O4/c1-38-30(36)20-35(18-22-7-13-27(14-8-22)39-21-23-5-3-2-4-6-23)31(37)28-19-34-16-15-25(17-29(34)33-28)24-9-11-26(32)12-10-24/h2-17,19H,18,20-21H2,1H3. The van der Waals surface area contributed by atoms with Crippen LogP contribution in [-0.4, -0.2) is 39.8 Å². The zero-order chi connectivity index (χ0) is 27.2. The van der Waals surface area contributed by atoms with Gasteiger partial charge in [0.15, 0.2) is 0 Å². The number of benzene rings is 3. The van der Waals surface area contributed by atoms with E-state index >= 15 is 0 Å². The van der Waals surface area contributed by atoms with Gasteiger partial charge in [-0.3, -0.25) is 9.59 Å². The summed E-state index contributed by atoms with van der Waals surface area (Å²) in [7, 11) is 1.30. The SMILES string of the molecule is COC(=O)CN(Cc1ccc(OCc2ccccc2)cc1)C(=O)c1cn2ccc(-c3ccc(Cl)cc3)cc2n1. The highest BCUT2D eigenvalue weighted by molar-refractivity contribution is 6.30. The molecule has 0 saturated carbocycles. The van der Waals surface area contributed by atoms with Gasteiger partial charge in [0.25, 0.3) is 5.91 Å². The summed E-state index contributed by atoms with van der Waals surface area (Å²) in [6.45, 7) is 0.461. The maximum atomic E-state index is 13.5. The highest BCUT2D eigenvalue weighted by Gasteiger charge is 2.22. The number of carbonyl (C=O) groups is 2. The van der Waals surface area contributed by atoms with E-state index in [1.165, 1.54) is 12.0 Å². The molecule has 5 aromatic rings. The highest BCUT2D eigenvalue weighted by atomic mass is 35.5. The van der Waals surface area contributed by atoms with E-state index < -0.39 is 5.97 Å². The third kappa shape index (κ3) is 6.45. The van der Waals surface area contributed by atoms with Gasteiger partial charge in [0.05, 0.1) is 7.11 Å². The van der Waals surface area contributed by atoms with Crippen molar-refractivity contribution in [3.8, 4) is 16.9 Å². The molecule has 2 heterocycles. The van der Waals surface area contributed by atoms with Crippen LogP contribution < -0.4 is 4.74 Å². The van der Waals surface area contributed by atoms with E-state index in [4.69, 9.17) is 21.1 Å². The van der Waals surface area contributed by atoms with Crippen molar-refractivity contribution in [2.24, 2.45) is 0 Å². The largest absolute Gasteiger partial charge is 0.489 e. The number of rotatable bonds is 9. The van der Waals surface area contributed by atoms with Crippen molar-refractivity contribution >= 4 is 29.1 Å². The van der Waals surface area contributed by atoms with Crippen LogP contribution in [0.2, 0.25) is 5.02 Å². The molecule has 0 saturated heterocycles. The van der Waals surface area contributed by atoms with Crippen LogP contribution in [0.3, 0.4) is 0 Å². The summed E-state index contributed by atoms with van der Waals surface area (Å²) in [5.41, 5.74) is 4.70. The lowest BCUT2D eigenvalue weighted by Crippen LogP contribution is -2.36. The minimum atomic E-state index is -0.514. The van der Waals surface area contributed by atoms with Crippen LogP contribution in [0.15, 0.2) is 103 Å². The van der Waals surface area contributed by atoms with Gasteiger partial charge < -0.3 is 18.8 Å². The van der Waals surface area contributed by atoms with Gasteiger partial charge in [-0.2, -0.15) is 0 Å². The number of hydrogen-bond donors (Lipinski definition) is 0. The molecular weight excluding hydrogens is 514 g/mol. The number of fused-ring (bicyclic) bond motifs is 1. The smallest absolute Gasteiger partial charge is 0.325 e. The lowest BCUT2D eigenvalue weighted by atomic mass is 10.1. The van der Waals surface area contributed by atoms with Crippen LogP contribution >= 0.6 is 11.6 Å². The summed E-state index contributed by atoms with van der Waals surface area (Å²) in [6.07, 6.45) is 3.51. The van der Waals surface area contributed by atoms with E-state index in [2.05, 4.69) is 4.98 Å². The zero-order valence-electron chi connectivity index (χ0n) is 21.3. The van der Waals surface area contributed by atoms with Crippen molar-refractivity contribution in [3.63, 3.8) is 0 Å². The topological polar surface area (TPSA) is 73.1 Å². The van der Waals surface area contributed by atoms with Crippen LogP contribution in [0, 0.1) is 0 Å².